The topological polar surface area (TPSA) is 63.2 Å². The molecule has 1 amide bonds. The second-order valence-corrected chi connectivity index (χ2v) is 6.13. The molecular formula is C22H23N3O2. The van der Waals surface area contributed by atoms with E-state index in [1.807, 2.05) is 12.1 Å². The van der Waals surface area contributed by atoms with Crippen LogP contribution in [-0.2, 0) is 6.42 Å². The number of carbonyl (C=O) groups is 1. The van der Waals surface area contributed by atoms with E-state index in [0.717, 1.165) is 25.1 Å². The van der Waals surface area contributed by atoms with E-state index in [1.54, 1.807) is 43.6 Å². The number of hydrogen-bond acceptors (Lipinski definition) is 4. The van der Waals surface area contributed by atoms with Crippen LogP contribution >= 0.6 is 0 Å². The van der Waals surface area contributed by atoms with Crippen molar-refractivity contribution in [1.29, 1.82) is 0 Å². The van der Waals surface area contributed by atoms with Crippen molar-refractivity contribution in [3.63, 3.8) is 0 Å². The van der Waals surface area contributed by atoms with E-state index in [4.69, 9.17) is 4.74 Å². The van der Waals surface area contributed by atoms with E-state index in [1.165, 1.54) is 5.56 Å². The van der Waals surface area contributed by atoms with Gasteiger partial charge in [-0.2, -0.15) is 0 Å². The Morgan fingerprint density at radius 3 is 2.63 bits per heavy atom. The molecule has 3 rings (SSSR count). The zero-order valence-corrected chi connectivity index (χ0v) is 15.3. The normalized spacial score (nSPS) is 10.3. The molecule has 0 radical (unpaired) electrons. The first-order valence-corrected chi connectivity index (χ1v) is 8.94. The van der Waals surface area contributed by atoms with Crippen molar-refractivity contribution in [2.45, 2.75) is 12.8 Å². The van der Waals surface area contributed by atoms with Crippen LogP contribution in [0.15, 0.2) is 72.9 Å². The van der Waals surface area contributed by atoms with Gasteiger partial charge in [-0.05, 0) is 48.7 Å². The van der Waals surface area contributed by atoms with Crippen molar-refractivity contribution < 1.29 is 9.53 Å². The van der Waals surface area contributed by atoms with E-state index in [-0.39, 0.29) is 5.91 Å². The van der Waals surface area contributed by atoms with Gasteiger partial charge in [0.05, 0.1) is 19.0 Å². The van der Waals surface area contributed by atoms with Crippen LogP contribution in [0.2, 0.25) is 0 Å². The van der Waals surface area contributed by atoms with Crippen LogP contribution in [0.5, 0.6) is 5.75 Å². The molecule has 0 saturated heterocycles. The summed E-state index contributed by atoms with van der Waals surface area (Å²) in [5.41, 5.74) is 2.80. The minimum absolute atomic E-state index is 0.218. The highest BCUT2D eigenvalue weighted by molar-refractivity contribution is 6.04. The van der Waals surface area contributed by atoms with Crippen LogP contribution in [0.25, 0.3) is 0 Å². The summed E-state index contributed by atoms with van der Waals surface area (Å²) in [4.78, 5) is 16.6. The maximum atomic E-state index is 12.3. The Labute approximate surface area is 159 Å². The molecule has 0 bridgehead atoms. The lowest BCUT2D eigenvalue weighted by Gasteiger charge is -2.09. The van der Waals surface area contributed by atoms with Crippen LogP contribution in [-0.4, -0.2) is 24.5 Å². The molecule has 5 heteroatoms. The number of aromatic nitrogens is 1. The molecule has 1 heterocycles. The summed E-state index contributed by atoms with van der Waals surface area (Å²) in [5, 5.41) is 6.14. The third kappa shape index (κ3) is 5.57. The van der Waals surface area contributed by atoms with Crippen molar-refractivity contribution in [1.82, 2.24) is 4.98 Å². The first kappa shape index (κ1) is 18.5. The number of ether oxygens (including phenoxy) is 1. The molecule has 0 atom stereocenters. The number of aryl methyl sites for hydroxylation is 1. The fraction of sp³-hybridized carbons (Fsp3) is 0.182. The monoisotopic (exact) mass is 361 g/mol. The number of pyridine rings is 1. The average molecular weight is 361 g/mol. The Kier molecular flexibility index (Phi) is 6.41. The van der Waals surface area contributed by atoms with Crippen LogP contribution in [0, 0.1) is 0 Å². The molecule has 1 aromatic heterocycles. The zero-order valence-electron chi connectivity index (χ0n) is 15.3. The molecule has 5 nitrogen and oxygen atoms in total. The number of amides is 1. The van der Waals surface area contributed by atoms with Crippen molar-refractivity contribution in [2.24, 2.45) is 0 Å². The molecule has 138 valence electrons. The number of rotatable bonds is 8. The molecule has 0 unspecified atom stereocenters. The lowest BCUT2D eigenvalue weighted by molar-refractivity contribution is 0.102. The van der Waals surface area contributed by atoms with Crippen molar-refractivity contribution in [2.75, 3.05) is 24.3 Å². The first-order chi connectivity index (χ1) is 13.2. The van der Waals surface area contributed by atoms with Gasteiger partial charge in [0.15, 0.2) is 0 Å². The molecule has 0 aliphatic carbocycles. The van der Waals surface area contributed by atoms with Crippen LogP contribution in [0.3, 0.4) is 0 Å². The van der Waals surface area contributed by atoms with E-state index in [0.29, 0.717) is 17.1 Å². The predicted octanol–water partition coefficient (Wildman–Crippen LogP) is 4.39. The number of nitrogens with one attached hydrogen (secondary N) is 2. The van der Waals surface area contributed by atoms with Crippen molar-refractivity contribution in [3.05, 3.63) is 84.1 Å². The van der Waals surface area contributed by atoms with Gasteiger partial charge < -0.3 is 15.4 Å². The van der Waals surface area contributed by atoms with Crippen LogP contribution in [0.4, 0.5) is 11.5 Å². The summed E-state index contributed by atoms with van der Waals surface area (Å²) in [6.07, 6.45) is 3.80. The lowest BCUT2D eigenvalue weighted by Crippen LogP contribution is -2.13. The molecule has 2 aromatic carbocycles. The van der Waals surface area contributed by atoms with Gasteiger partial charge in [0.2, 0.25) is 0 Å². The Morgan fingerprint density at radius 1 is 1.04 bits per heavy atom. The molecule has 3 aromatic rings. The fourth-order valence-corrected chi connectivity index (χ4v) is 2.70. The Bertz CT molecular complexity index is 864. The number of anilines is 2. The standard InChI is InChI=1S/C22H23N3O2/c1-27-20-11-5-10-18(15-20)22(26)25-21-13-12-19(16-24-21)23-14-6-9-17-7-3-2-4-8-17/h2-5,7-8,10-13,15-16,23H,6,9,14H2,1H3,(H,24,25,26). The van der Waals surface area contributed by atoms with E-state index in [9.17, 15) is 4.79 Å². The molecule has 0 aliphatic heterocycles. The Hall–Kier alpha value is -3.34. The Balaban J connectivity index is 1.47. The summed E-state index contributed by atoms with van der Waals surface area (Å²) in [6, 6.07) is 21.1. The van der Waals surface area contributed by atoms with Crippen molar-refractivity contribution in [3.8, 4) is 5.75 Å². The molecular weight excluding hydrogens is 338 g/mol. The molecule has 2 N–H and O–H groups in total. The first-order valence-electron chi connectivity index (χ1n) is 8.94. The number of hydrogen-bond donors (Lipinski definition) is 2. The number of methoxy groups -OCH3 is 1. The predicted molar refractivity (Wildman–Crippen MR) is 108 cm³/mol. The number of nitrogens with zero attached hydrogens (tertiary/aromatic N) is 1. The van der Waals surface area contributed by atoms with Gasteiger partial charge >= 0.3 is 0 Å². The summed E-state index contributed by atoms with van der Waals surface area (Å²) in [7, 11) is 1.57. The SMILES string of the molecule is COc1cccc(C(=O)Nc2ccc(NCCCc3ccccc3)cn2)c1. The summed E-state index contributed by atoms with van der Waals surface area (Å²) in [6.45, 7) is 0.867. The van der Waals surface area contributed by atoms with Gasteiger partial charge in [-0.15, -0.1) is 0 Å². The van der Waals surface area contributed by atoms with Gasteiger partial charge in [0.1, 0.15) is 11.6 Å². The molecule has 0 spiro atoms. The highest BCUT2D eigenvalue weighted by atomic mass is 16.5. The van der Waals surface area contributed by atoms with Gasteiger partial charge in [-0.3, -0.25) is 4.79 Å². The van der Waals surface area contributed by atoms with E-state index in [2.05, 4.69) is 39.9 Å². The van der Waals surface area contributed by atoms with Crippen LogP contribution in [0.1, 0.15) is 22.3 Å². The molecule has 27 heavy (non-hydrogen) atoms. The highest BCUT2D eigenvalue weighted by Gasteiger charge is 2.07. The summed E-state index contributed by atoms with van der Waals surface area (Å²) in [5.74, 6) is 0.938. The third-order valence-corrected chi connectivity index (χ3v) is 4.15. The second-order valence-electron chi connectivity index (χ2n) is 6.13. The minimum Gasteiger partial charge on any atom is -0.497 e. The summed E-state index contributed by atoms with van der Waals surface area (Å²) >= 11 is 0. The third-order valence-electron chi connectivity index (χ3n) is 4.15. The molecule has 0 aliphatic rings. The zero-order chi connectivity index (χ0) is 18.9. The van der Waals surface area contributed by atoms with Crippen LogP contribution < -0.4 is 15.4 Å². The Morgan fingerprint density at radius 2 is 1.89 bits per heavy atom. The maximum Gasteiger partial charge on any atom is 0.256 e. The fourth-order valence-electron chi connectivity index (χ4n) is 2.70. The van der Waals surface area contributed by atoms with E-state index >= 15 is 0 Å². The maximum absolute atomic E-state index is 12.3. The van der Waals surface area contributed by atoms with Gasteiger partial charge in [0, 0.05) is 12.1 Å². The van der Waals surface area contributed by atoms with Gasteiger partial charge in [-0.25, -0.2) is 4.98 Å². The van der Waals surface area contributed by atoms with Crippen molar-refractivity contribution >= 4 is 17.4 Å². The lowest BCUT2D eigenvalue weighted by atomic mass is 10.1. The number of benzene rings is 2. The van der Waals surface area contributed by atoms with Gasteiger partial charge in [-0.1, -0.05) is 36.4 Å². The smallest absolute Gasteiger partial charge is 0.256 e. The molecule has 0 saturated carbocycles. The quantitative estimate of drug-likeness (QED) is 0.584. The summed E-state index contributed by atoms with van der Waals surface area (Å²) < 4.78 is 5.14. The highest BCUT2D eigenvalue weighted by Crippen LogP contribution is 2.15. The minimum atomic E-state index is -0.218. The average Bonchev–Trinajstić information content (AvgIpc) is 2.73. The van der Waals surface area contributed by atoms with E-state index < -0.39 is 0 Å². The van der Waals surface area contributed by atoms with Gasteiger partial charge in [0.25, 0.3) is 5.91 Å². The second kappa shape index (κ2) is 9.38. The molecule has 0 fully saturated rings. The largest absolute Gasteiger partial charge is 0.497 e. The number of carbonyl (C=O) groups excluding carboxylic acids is 1.